The Labute approximate surface area is 142 Å². The van der Waals surface area contributed by atoms with E-state index in [1.165, 1.54) is 6.08 Å². The predicted molar refractivity (Wildman–Crippen MR) is 91.9 cm³/mol. The zero-order valence-electron chi connectivity index (χ0n) is 13.6. The van der Waals surface area contributed by atoms with Gasteiger partial charge in [-0.2, -0.15) is 5.26 Å². The summed E-state index contributed by atoms with van der Waals surface area (Å²) in [5.74, 6) is -0.941. The van der Waals surface area contributed by atoms with Crippen LogP contribution in [0.3, 0.4) is 0 Å². The SMILES string of the molecule is CC(/C(N)=C/C#N)c1cccc(C2(c3ccccc3)OCCO2)c1. The van der Waals surface area contributed by atoms with Gasteiger partial charge in [0, 0.05) is 28.8 Å². The van der Waals surface area contributed by atoms with Crippen molar-refractivity contribution < 1.29 is 9.47 Å². The van der Waals surface area contributed by atoms with Crippen LogP contribution in [0.15, 0.2) is 66.4 Å². The molecule has 24 heavy (non-hydrogen) atoms. The summed E-state index contributed by atoms with van der Waals surface area (Å²) in [4.78, 5) is 0. The third-order valence-corrected chi connectivity index (χ3v) is 4.35. The molecule has 0 bridgehead atoms. The molecule has 2 N–H and O–H groups in total. The molecule has 0 spiro atoms. The standard InChI is InChI=1S/C20H20N2O2/c1-15(19(22)10-11-21)16-6-5-9-18(14-16)20(23-12-13-24-20)17-7-3-2-4-8-17/h2-10,14-15H,12-13,22H2,1H3/b19-10-. The first-order chi connectivity index (χ1) is 11.7. The van der Waals surface area contributed by atoms with Crippen LogP contribution >= 0.6 is 0 Å². The molecule has 0 aromatic heterocycles. The van der Waals surface area contributed by atoms with Gasteiger partial charge >= 0.3 is 0 Å². The lowest BCUT2D eigenvalue weighted by Gasteiger charge is -2.29. The maximum Gasteiger partial charge on any atom is 0.222 e. The number of nitriles is 1. The second kappa shape index (κ2) is 6.88. The van der Waals surface area contributed by atoms with Crippen molar-refractivity contribution in [3.8, 4) is 6.07 Å². The minimum atomic E-state index is -0.884. The summed E-state index contributed by atoms with van der Waals surface area (Å²) in [5, 5.41) is 8.80. The molecular formula is C20H20N2O2. The first-order valence-electron chi connectivity index (χ1n) is 7.96. The summed E-state index contributed by atoms with van der Waals surface area (Å²) in [5.41, 5.74) is 9.44. The molecule has 1 atom stereocenters. The molecule has 1 fully saturated rings. The van der Waals surface area contributed by atoms with Gasteiger partial charge in [-0.3, -0.25) is 0 Å². The molecule has 0 amide bonds. The Morgan fingerprint density at radius 3 is 2.46 bits per heavy atom. The Bertz CT molecular complexity index is 772. The minimum absolute atomic E-state index is 0.0566. The maximum absolute atomic E-state index is 8.80. The monoisotopic (exact) mass is 320 g/mol. The molecular weight excluding hydrogens is 300 g/mol. The van der Waals surface area contributed by atoms with Crippen LogP contribution in [0.25, 0.3) is 0 Å². The van der Waals surface area contributed by atoms with Gasteiger partial charge in [0.25, 0.3) is 0 Å². The molecule has 1 heterocycles. The molecule has 4 heteroatoms. The van der Waals surface area contributed by atoms with E-state index in [0.29, 0.717) is 18.9 Å². The molecule has 0 saturated carbocycles. The van der Waals surface area contributed by atoms with Crippen LogP contribution in [0.5, 0.6) is 0 Å². The van der Waals surface area contributed by atoms with Crippen molar-refractivity contribution >= 4 is 0 Å². The molecule has 1 unspecified atom stereocenters. The number of hydrogen-bond donors (Lipinski definition) is 1. The van der Waals surface area contributed by atoms with Crippen molar-refractivity contribution in [2.75, 3.05) is 13.2 Å². The predicted octanol–water partition coefficient (Wildman–Crippen LogP) is 3.40. The van der Waals surface area contributed by atoms with E-state index in [2.05, 4.69) is 0 Å². The molecule has 0 aliphatic carbocycles. The lowest BCUT2D eigenvalue weighted by atomic mass is 9.91. The van der Waals surface area contributed by atoms with E-state index in [4.69, 9.17) is 20.5 Å². The number of nitrogens with zero attached hydrogens (tertiary/aromatic N) is 1. The second-order valence-electron chi connectivity index (χ2n) is 5.80. The number of nitrogens with two attached hydrogens (primary N) is 1. The highest BCUT2D eigenvalue weighted by Crippen LogP contribution is 2.39. The number of benzene rings is 2. The summed E-state index contributed by atoms with van der Waals surface area (Å²) >= 11 is 0. The first kappa shape index (κ1) is 16.3. The van der Waals surface area contributed by atoms with Crippen LogP contribution < -0.4 is 5.73 Å². The van der Waals surface area contributed by atoms with E-state index in [1.807, 2.05) is 67.6 Å². The van der Waals surface area contributed by atoms with Gasteiger partial charge in [0.2, 0.25) is 5.79 Å². The van der Waals surface area contributed by atoms with E-state index >= 15 is 0 Å². The molecule has 122 valence electrons. The van der Waals surface area contributed by atoms with Crippen LogP contribution in [0.2, 0.25) is 0 Å². The molecule has 3 rings (SSSR count). The van der Waals surface area contributed by atoms with Crippen LogP contribution in [0.4, 0.5) is 0 Å². The van der Waals surface area contributed by atoms with Gasteiger partial charge in [0.15, 0.2) is 0 Å². The zero-order chi connectivity index (χ0) is 17.0. The Morgan fingerprint density at radius 2 is 1.79 bits per heavy atom. The lowest BCUT2D eigenvalue weighted by molar-refractivity contribution is -0.129. The molecule has 2 aromatic rings. The van der Waals surface area contributed by atoms with Gasteiger partial charge < -0.3 is 15.2 Å². The third kappa shape index (κ3) is 2.92. The van der Waals surface area contributed by atoms with Crippen molar-refractivity contribution in [1.29, 1.82) is 5.26 Å². The Balaban J connectivity index is 2.04. The summed E-state index contributed by atoms with van der Waals surface area (Å²) in [6, 6.07) is 19.9. The molecule has 0 radical (unpaired) electrons. The number of hydrogen-bond acceptors (Lipinski definition) is 4. The normalized spacial score (nSPS) is 18.1. The van der Waals surface area contributed by atoms with Crippen LogP contribution in [-0.2, 0) is 15.3 Å². The highest BCUT2D eigenvalue weighted by molar-refractivity contribution is 5.39. The topological polar surface area (TPSA) is 68.3 Å². The Morgan fingerprint density at radius 1 is 1.12 bits per heavy atom. The molecule has 2 aromatic carbocycles. The van der Waals surface area contributed by atoms with E-state index in [1.54, 1.807) is 0 Å². The van der Waals surface area contributed by atoms with E-state index < -0.39 is 5.79 Å². The lowest BCUT2D eigenvalue weighted by Crippen LogP contribution is -2.28. The van der Waals surface area contributed by atoms with Gasteiger partial charge in [-0.25, -0.2) is 0 Å². The van der Waals surface area contributed by atoms with Crippen LogP contribution in [0.1, 0.15) is 29.5 Å². The molecule has 1 aliphatic rings. The number of allylic oxidation sites excluding steroid dienone is 2. The van der Waals surface area contributed by atoms with Gasteiger partial charge in [-0.05, 0) is 11.6 Å². The third-order valence-electron chi connectivity index (χ3n) is 4.35. The van der Waals surface area contributed by atoms with E-state index in [-0.39, 0.29) is 5.92 Å². The molecule has 1 aliphatic heterocycles. The van der Waals surface area contributed by atoms with Gasteiger partial charge in [-0.15, -0.1) is 0 Å². The number of ether oxygens (including phenoxy) is 2. The maximum atomic E-state index is 8.80. The van der Waals surface area contributed by atoms with Gasteiger partial charge in [-0.1, -0.05) is 55.5 Å². The van der Waals surface area contributed by atoms with Gasteiger partial charge in [0.1, 0.15) is 0 Å². The van der Waals surface area contributed by atoms with Crippen molar-refractivity contribution in [1.82, 2.24) is 0 Å². The Kier molecular flexibility index (Phi) is 4.66. The highest BCUT2D eigenvalue weighted by atomic mass is 16.7. The number of rotatable bonds is 4. The fourth-order valence-electron chi connectivity index (χ4n) is 2.97. The highest BCUT2D eigenvalue weighted by Gasteiger charge is 2.40. The second-order valence-corrected chi connectivity index (χ2v) is 5.80. The van der Waals surface area contributed by atoms with Crippen molar-refractivity contribution in [2.45, 2.75) is 18.6 Å². The average Bonchev–Trinajstić information content (AvgIpc) is 3.13. The van der Waals surface area contributed by atoms with Crippen LogP contribution in [-0.4, -0.2) is 13.2 Å². The van der Waals surface area contributed by atoms with E-state index in [9.17, 15) is 0 Å². The summed E-state index contributed by atoms with van der Waals surface area (Å²) < 4.78 is 12.1. The Hall–Kier alpha value is -2.61. The fraction of sp³-hybridized carbons (Fsp3) is 0.250. The summed E-state index contributed by atoms with van der Waals surface area (Å²) in [7, 11) is 0. The van der Waals surface area contributed by atoms with Crippen LogP contribution in [0, 0.1) is 11.3 Å². The fourth-order valence-corrected chi connectivity index (χ4v) is 2.97. The van der Waals surface area contributed by atoms with Crippen molar-refractivity contribution in [3.05, 3.63) is 83.1 Å². The minimum Gasteiger partial charge on any atom is -0.401 e. The van der Waals surface area contributed by atoms with Crippen molar-refractivity contribution in [3.63, 3.8) is 0 Å². The molecule has 1 saturated heterocycles. The van der Waals surface area contributed by atoms with Gasteiger partial charge in [0.05, 0.1) is 19.3 Å². The molecule has 4 nitrogen and oxygen atoms in total. The first-order valence-corrected chi connectivity index (χ1v) is 7.96. The average molecular weight is 320 g/mol. The zero-order valence-corrected chi connectivity index (χ0v) is 13.6. The quantitative estimate of drug-likeness (QED) is 0.877. The largest absolute Gasteiger partial charge is 0.401 e. The smallest absolute Gasteiger partial charge is 0.222 e. The summed E-state index contributed by atoms with van der Waals surface area (Å²) in [6.45, 7) is 3.07. The van der Waals surface area contributed by atoms with Crippen molar-refractivity contribution in [2.24, 2.45) is 5.73 Å². The summed E-state index contributed by atoms with van der Waals surface area (Å²) in [6.07, 6.45) is 1.38. The van der Waals surface area contributed by atoms with E-state index in [0.717, 1.165) is 16.7 Å².